The third kappa shape index (κ3) is 20.3. The number of hydrogen-bond acceptors (Lipinski definition) is 18. The van der Waals surface area contributed by atoms with Gasteiger partial charge in [0.2, 0.25) is 0 Å². The minimum Gasteiger partial charge on any atom is -1.00 e. The van der Waals surface area contributed by atoms with E-state index in [1.165, 1.54) is 81.9 Å². The number of alkyl halides is 1. The molecule has 19 nitrogen and oxygen atoms in total. The third-order valence-corrected chi connectivity index (χ3v) is 34.5. The van der Waals surface area contributed by atoms with E-state index in [1.807, 2.05) is 77.9 Å². The van der Waals surface area contributed by atoms with Gasteiger partial charge in [-0.3, -0.25) is 37.8 Å². The van der Waals surface area contributed by atoms with Crippen LogP contribution in [0.1, 0.15) is 239 Å². The van der Waals surface area contributed by atoms with E-state index in [4.69, 9.17) is 24.3 Å². The van der Waals surface area contributed by atoms with E-state index in [2.05, 4.69) is 62.0 Å². The number of ether oxygens (including phenoxy) is 3. The summed E-state index contributed by atoms with van der Waals surface area (Å²) in [4.78, 5) is 53.8. The molecule has 3 aromatic heterocycles. The van der Waals surface area contributed by atoms with Crippen LogP contribution in [0.4, 0.5) is 0 Å². The van der Waals surface area contributed by atoms with Crippen molar-refractivity contribution in [2.45, 2.75) is 282 Å². The number of hydrogen-bond donors (Lipinski definition) is 4. The van der Waals surface area contributed by atoms with Gasteiger partial charge in [-0.25, -0.2) is 0 Å². The summed E-state index contributed by atoms with van der Waals surface area (Å²) < 4.78 is 32.8. The van der Waals surface area contributed by atoms with Crippen LogP contribution in [0, 0.1) is 121 Å². The van der Waals surface area contributed by atoms with E-state index in [-0.39, 0.29) is 196 Å². The van der Waals surface area contributed by atoms with Crippen molar-refractivity contribution in [3.8, 4) is 0 Å². The number of fused-ring (bicyclic) bond motifs is 15. The van der Waals surface area contributed by atoms with Gasteiger partial charge in [-0.1, -0.05) is 59.0 Å². The molecule has 15 rings (SSSR count). The SMILES string of the molecule is C.C.C.COC[C@]12CC[C@@](C)(O)C[C@H]1CC[C@H]1[C@@H]3CC[C@H](C(=O)CBr)[C@@]3(C)CC[C@@H]12.COC[C@]12CC[C@@](C)(O)C[C@H]1CC[C@H]1[C@@H]3CC[C@H](C(=O)Cn4cc(S(C)=O)cn4)[C@@]3(C)CC[C@@H]12.COC[C@]12CC[C@@](C)(O)C[C@H]1CC[C@H]1[C@@H]3CC[C@H](C(=O)Cn4cc(SC)cn4)[C@@]3(C)CC[C@@H]12.CSc1cn[nH]c1.O=CO[O-].[H-].[K+].[K+]. The van der Waals surface area contributed by atoms with Gasteiger partial charge < -0.3 is 41.1 Å². The van der Waals surface area contributed by atoms with Gasteiger partial charge in [-0.15, -0.1) is 23.5 Å². The first-order valence-electron chi connectivity index (χ1n) is 39.9. The van der Waals surface area contributed by atoms with E-state index in [9.17, 15) is 33.9 Å². The summed E-state index contributed by atoms with van der Waals surface area (Å²) in [6.45, 7) is 16.3. The van der Waals surface area contributed by atoms with Crippen LogP contribution >= 0.6 is 39.5 Å². The maximum atomic E-state index is 13.5. The summed E-state index contributed by atoms with van der Waals surface area (Å²) in [7, 11) is 4.48. The average Bonchev–Trinajstić information content (AvgIpc) is 1.70. The molecule has 12 fully saturated rings. The Labute approximate surface area is 767 Å². The minimum atomic E-state index is -1.08. The molecule has 3 heterocycles. The van der Waals surface area contributed by atoms with Gasteiger partial charge >= 0.3 is 103 Å². The molecule has 12 saturated carbocycles. The number of ketones is 3. The zero-order valence-electron chi connectivity index (χ0n) is 68.3. The standard InChI is InChI=1S/C27H42N2O4S.C27H42N2O3S.C23H37BrO3.C4H6N2S.CH2O3.3CH4.2K.H/c1-25(31)11-12-27(17-33-3)18(13-25)5-6-20-21-7-8-23(26(21,2)10-9-22(20)27)24(30)16-29-15-19(14-28-29)34(4)32;1-25(31)11-12-27(17-32-3)18(13-25)5-6-20-21-7-8-23(26(21,2)10-9-22(20)27)24(30)16-29-15-19(33-4)14-28-29;1-21(26)10-11-23(14-27-3)15(12-21)4-5-16-17-6-7-19(20(25)13-24)22(17,2)9-8-18(16)23;1-7-4-2-5-6-3-4;2-1-4-3;;;;;;/h14-15,18,20-23,31H,5-13,16-17H2,1-4H3;14-15,18,20-23,31H,5-13,16-17H2,1-4H3;15-19,26H,4-14H2,1-3H3;2-3H,1H3,(H,5,6);1,3H;3*1H4;;;/q;;;;;;;;2*+1;-1/p-1/t18-,20+,21+,22+,23-,25-,26+,27-,34?;18-,20+,21+,22+,23-,25-,26+,27-;15-,16+,17+,18+,19-,21-,22+,23-;;;;;;;;/m111......../s1. The van der Waals surface area contributed by atoms with Gasteiger partial charge in [0.1, 0.15) is 5.78 Å². The van der Waals surface area contributed by atoms with E-state index < -0.39 is 27.6 Å². The quantitative estimate of drug-likeness (QED) is 0.0230. The Morgan fingerprint density at radius 1 is 0.545 bits per heavy atom. The number of Topliss-reactive ketones (excluding diaryl/α,β-unsaturated/α-hetero) is 3. The first-order valence-corrected chi connectivity index (χ1v) is 45.0. The van der Waals surface area contributed by atoms with Crippen molar-refractivity contribution in [1.29, 1.82) is 0 Å². The molecule has 0 saturated heterocycles. The summed E-state index contributed by atoms with van der Waals surface area (Å²) in [6.07, 6.45) is 46.4. The smallest absolute Gasteiger partial charge is 1.00 e. The number of halogens is 1. The van der Waals surface area contributed by atoms with Gasteiger partial charge in [0.15, 0.2) is 11.6 Å². The van der Waals surface area contributed by atoms with Crippen LogP contribution in [0.5, 0.6) is 0 Å². The van der Waals surface area contributed by atoms with E-state index in [0.717, 1.165) is 127 Å². The molecular weight excluding hydrogens is 1570 g/mol. The fraction of sp³-hybridized carbons (Fsp3) is 0.847. The second kappa shape index (κ2) is 41.3. The molecule has 110 heavy (non-hydrogen) atoms. The molecule has 616 valence electrons. The molecule has 25 heteroatoms. The minimum absolute atomic E-state index is 0. The largest absolute Gasteiger partial charge is 1.00 e. The summed E-state index contributed by atoms with van der Waals surface area (Å²) in [6, 6.07) is 0. The Kier molecular flexibility index (Phi) is 37.3. The second-order valence-electron chi connectivity index (χ2n) is 36.8. The van der Waals surface area contributed by atoms with Crippen LogP contribution in [0.15, 0.2) is 51.9 Å². The molecular formula is C85H141BrK2N6O13S3. The number of aromatic nitrogens is 6. The Balaban J connectivity index is 0.000000272. The van der Waals surface area contributed by atoms with Gasteiger partial charge in [0, 0.05) is 73.7 Å². The summed E-state index contributed by atoms with van der Waals surface area (Å²) in [5.74, 6) is 9.34. The molecule has 0 aliphatic heterocycles. The number of aliphatic hydroxyl groups is 3. The fourth-order valence-corrected chi connectivity index (χ4v) is 28.6. The van der Waals surface area contributed by atoms with Crippen molar-refractivity contribution in [2.75, 3.05) is 65.2 Å². The number of methoxy groups -OCH3 is 3. The van der Waals surface area contributed by atoms with Crippen LogP contribution in [-0.2, 0) is 62.2 Å². The molecule has 0 bridgehead atoms. The molecule has 3 aromatic rings. The topological polar surface area (TPSA) is 270 Å². The zero-order chi connectivity index (χ0) is 75.7. The summed E-state index contributed by atoms with van der Waals surface area (Å²) in [5, 5.41) is 56.5. The van der Waals surface area contributed by atoms with Gasteiger partial charge in [0.25, 0.3) is 6.47 Å². The Morgan fingerprint density at radius 2 is 0.900 bits per heavy atom. The maximum absolute atomic E-state index is 13.5. The van der Waals surface area contributed by atoms with E-state index in [1.54, 1.807) is 53.1 Å². The van der Waals surface area contributed by atoms with Crippen LogP contribution in [0.2, 0.25) is 0 Å². The van der Waals surface area contributed by atoms with Crippen molar-refractivity contribution >= 4 is 74.1 Å². The van der Waals surface area contributed by atoms with Crippen LogP contribution < -0.4 is 108 Å². The number of nitrogens with one attached hydrogen (secondary N) is 1. The summed E-state index contributed by atoms with van der Waals surface area (Å²) in [5.41, 5.74) is -0.537. The van der Waals surface area contributed by atoms with Crippen LogP contribution in [0.3, 0.4) is 0 Å². The number of nitrogens with zero attached hydrogens (tertiary/aromatic N) is 5. The average molecular weight is 1710 g/mol. The molecule has 1 unspecified atom stereocenters. The predicted octanol–water partition coefficient (Wildman–Crippen LogP) is 10.0. The molecule has 0 aromatic carbocycles. The van der Waals surface area contributed by atoms with Gasteiger partial charge in [-0.2, -0.15) is 15.3 Å². The number of aromatic amines is 1. The second-order valence-corrected chi connectivity index (χ2v) is 40.5. The number of carbonyl (C=O) groups is 4. The molecule has 12 aliphatic rings. The first kappa shape index (κ1) is 99.3. The molecule has 0 radical (unpaired) electrons. The Morgan fingerprint density at radius 3 is 1.19 bits per heavy atom. The predicted molar refractivity (Wildman–Crippen MR) is 432 cm³/mol. The van der Waals surface area contributed by atoms with E-state index >= 15 is 0 Å². The normalized spacial score (nSPS) is 40.8. The van der Waals surface area contributed by atoms with Crippen molar-refractivity contribution in [1.82, 2.24) is 29.8 Å². The monoisotopic (exact) mass is 1710 g/mol. The van der Waals surface area contributed by atoms with Crippen molar-refractivity contribution < 1.29 is 167 Å². The molecule has 0 spiro atoms. The maximum Gasteiger partial charge on any atom is 1.00 e. The number of carbonyl (C=O) groups excluding carboxylic acids is 4. The molecule has 4 N–H and O–H groups in total. The molecule has 25 atom stereocenters. The van der Waals surface area contributed by atoms with Crippen molar-refractivity contribution in [2.24, 2.45) is 121 Å². The van der Waals surface area contributed by atoms with Crippen molar-refractivity contribution in [3.63, 3.8) is 0 Å². The fourth-order valence-electron chi connectivity index (χ4n) is 27.0. The van der Waals surface area contributed by atoms with Crippen LogP contribution in [0.25, 0.3) is 0 Å². The number of thioether (sulfide) groups is 2. The Bertz CT molecular complexity index is 3470. The van der Waals surface area contributed by atoms with E-state index in [0.29, 0.717) is 93.4 Å². The molecule has 12 aliphatic carbocycles. The number of rotatable bonds is 18. The summed E-state index contributed by atoms with van der Waals surface area (Å²) >= 11 is 6.78. The third-order valence-electron chi connectivity index (χ3n) is 31.7. The Hall–Kier alpha value is 0.433. The van der Waals surface area contributed by atoms with Crippen molar-refractivity contribution in [3.05, 3.63) is 37.2 Å². The first-order chi connectivity index (χ1) is 49.9. The zero-order valence-corrected chi connectivity index (χ0v) is 77.6. The van der Waals surface area contributed by atoms with Crippen LogP contribution in [-0.4, -0.2) is 155 Å². The number of H-pyrrole nitrogens is 1. The van der Waals surface area contributed by atoms with Gasteiger partial charge in [-0.05, 0) is 310 Å². The van der Waals surface area contributed by atoms with Gasteiger partial charge in [0.05, 0.1) is 89.3 Å². The molecule has 0 amide bonds.